The second-order valence-electron chi connectivity index (χ2n) is 6.05. The lowest BCUT2D eigenvalue weighted by Gasteiger charge is -2.11. The number of aryl methyl sites for hydroxylation is 1. The van der Waals surface area contributed by atoms with Gasteiger partial charge in [0.1, 0.15) is 0 Å². The Bertz CT molecular complexity index is 1020. The molecule has 0 radical (unpaired) electrons. The number of carbonyl (C=O) groups excluding carboxylic acids is 2. The molecule has 0 bridgehead atoms. The number of ether oxygens (including phenoxy) is 3. The summed E-state index contributed by atoms with van der Waals surface area (Å²) in [6, 6.07) is 8.75. The third-order valence-corrected chi connectivity index (χ3v) is 5.66. The highest BCUT2D eigenvalue weighted by molar-refractivity contribution is 7.89. The minimum Gasteiger partial charge on any atom is -0.493 e. The van der Waals surface area contributed by atoms with Gasteiger partial charge in [-0.2, -0.15) is 0 Å². The Kier molecular flexibility index (Phi) is 7.35. The molecule has 9 heteroatoms. The molecule has 0 aliphatic rings. The quantitative estimate of drug-likeness (QED) is 0.489. The second-order valence-corrected chi connectivity index (χ2v) is 7.81. The van der Waals surface area contributed by atoms with Crippen LogP contribution in [0.25, 0.3) is 0 Å². The molecule has 0 heterocycles. The van der Waals surface area contributed by atoms with Crippen LogP contribution in [0.1, 0.15) is 33.2 Å². The third-order valence-electron chi connectivity index (χ3n) is 4.11. The Balaban J connectivity index is 2.16. The highest BCUT2D eigenvalue weighted by atomic mass is 32.2. The molecule has 0 spiro atoms. The maximum atomic E-state index is 12.4. The maximum Gasteiger partial charge on any atom is 0.338 e. The summed E-state index contributed by atoms with van der Waals surface area (Å²) >= 11 is 0. The predicted molar refractivity (Wildman–Crippen MR) is 106 cm³/mol. The number of carbonyl (C=O) groups is 2. The van der Waals surface area contributed by atoms with Gasteiger partial charge in [0, 0.05) is 12.1 Å². The molecule has 8 nitrogen and oxygen atoms in total. The summed E-state index contributed by atoms with van der Waals surface area (Å²) < 4.78 is 42.0. The van der Waals surface area contributed by atoms with Crippen LogP contribution >= 0.6 is 0 Å². The number of Topliss-reactive ketones (excluding diaryl/α,β-unsaturated/α-hetero) is 1. The molecule has 2 aromatic rings. The van der Waals surface area contributed by atoms with Crippen molar-refractivity contribution in [3.05, 3.63) is 53.1 Å². The highest BCUT2D eigenvalue weighted by Gasteiger charge is 2.19. The lowest BCUT2D eigenvalue weighted by molar-refractivity contribution is 0.0473. The van der Waals surface area contributed by atoms with Crippen LogP contribution in [0.2, 0.25) is 0 Å². The Labute approximate surface area is 169 Å². The maximum absolute atomic E-state index is 12.4. The molecule has 0 aromatic heterocycles. The first kappa shape index (κ1) is 22.4. The van der Waals surface area contributed by atoms with Crippen LogP contribution in [0.4, 0.5) is 0 Å². The number of nitrogens with one attached hydrogen (secondary N) is 1. The zero-order chi connectivity index (χ0) is 21.6. The summed E-state index contributed by atoms with van der Waals surface area (Å²) in [5, 5.41) is 0. The number of sulfonamides is 1. The van der Waals surface area contributed by atoms with E-state index in [1.165, 1.54) is 44.6 Å². The zero-order valence-electron chi connectivity index (χ0n) is 16.6. The standard InChI is InChI=1S/C20H23NO7S/c1-5-21-29(24,25)15-8-6-13(2)16(11-15)20(23)28-12-17(22)14-7-9-18(26-3)19(10-14)27-4/h6-11,21H,5,12H2,1-4H3. The van der Waals surface area contributed by atoms with Gasteiger partial charge in [0.15, 0.2) is 23.9 Å². The summed E-state index contributed by atoms with van der Waals surface area (Å²) in [6.07, 6.45) is 0. The van der Waals surface area contributed by atoms with E-state index < -0.39 is 28.4 Å². The van der Waals surface area contributed by atoms with Gasteiger partial charge in [-0.15, -0.1) is 0 Å². The molecular formula is C20H23NO7S. The Hall–Kier alpha value is -2.91. The van der Waals surface area contributed by atoms with E-state index in [0.29, 0.717) is 17.1 Å². The van der Waals surface area contributed by atoms with Crippen molar-refractivity contribution in [3.8, 4) is 11.5 Å². The van der Waals surface area contributed by atoms with E-state index in [0.717, 1.165) is 0 Å². The van der Waals surface area contributed by atoms with Crippen LogP contribution in [0.5, 0.6) is 11.5 Å². The lowest BCUT2D eigenvalue weighted by atomic mass is 10.1. The number of esters is 1. The van der Waals surface area contributed by atoms with Crippen molar-refractivity contribution in [1.82, 2.24) is 4.72 Å². The number of methoxy groups -OCH3 is 2. The number of hydrogen-bond acceptors (Lipinski definition) is 7. The van der Waals surface area contributed by atoms with Crippen molar-refractivity contribution >= 4 is 21.8 Å². The SMILES string of the molecule is CCNS(=O)(=O)c1ccc(C)c(C(=O)OCC(=O)c2ccc(OC)c(OC)c2)c1. The summed E-state index contributed by atoms with van der Waals surface area (Å²) in [5.41, 5.74) is 0.892. The Morgan fingerprint density at radius 1 is 1.00 bits per heavy atom. The van der Waals surface area contributed by atoms with Crippen LogP contribution in [-0.2, 0) is 14.8 Å². The molecule has 2 rings (SSSR count). The molecule has 0 aliphatic heterocycles. The first-order valence-electron chi connectivity index (χ1n) is 8.76. The van der Waals surface area contributed by atoms with E-state index in [2.05, 4.69) is 4.72 Å². The molecule has 0 atom stereocenters. The van der Waals surface area contributed by atoms with Crippen LogP contribution < -0.4 is 14.2 Å². The molecule has 2 aromatic carbocycles. The van der Waals surface area contributed by atoms with Gasteiger partial charge in [0.25, 0.3) is 0 Å². The van der Waals surface area contributed by atoms with Crippen LogP contribution in [-0.4, -0.2) is 47.5 Å². The van der Waals surface area contributed by atoms with Crippen LogP contribution in [0, 0.1) is 6.92 Å². The van der Waals surface area contributed by atoms with Gasteiger partial charge in [-0.05, 0) is 42.8 Å². The van der Waals surface area contributed by atoms with Gasteiger partial charge in [-0.1, -0.05) is 13.0 Å². The van der Waals surface area contributed by atoms with E-state index >= 15 is 0 Å². The van der Waals surface area contributed by atoms with Crippen molar-refractivity contribution in [2.45, 2.75) is 18.7 Å². The predicted octanol–water partition coefficient (Wildman–Crippen LogP) is 2.35. The van der Waals surface area contributed by atoms with Crippen LogP contribution in [0.3, 0.4) is 0 Å². The van der Waals surface area contributed by atoms with Gasteiger partial charge in [-0.25, -0.2) is 17.9 Å². The number of rotatable bonds is 9. The van der Waals surface area contributed by atoms with Crippen molar-refractivity contribution in [2.24, 2.45) is 0 Å². The highest BCUT2D eigenvalue weighted by Crippen LogP contribution is 2.27. The topological polar surface area (TPSA) is 108 Å². The molecule has 0 amide bonds. The van der Waals surface area contributed by atoms with Crippen molar-refractivity contribution in [1.29, 1.82) is 0 Å². The van der Waals surface area contributed by atoms with Gasteiger partial charge in [0.05, 0.1) is 24.7 Å². The first-order valence-corrected chi connectivity index (χ1v) is 10.2. The first-order chi connectivity index (χ1) is 13.7. The minimum atomic E-state index is -3.72. The van der Waals surface area contributed by atoms with E-state index in [-0.39, 0.29) is 22.6 Å². The normalized spacial score (nSPS) is 11.0. The van der Waals surface area contributed by atoms with Gasteiger partial charge >= 0.3 is 5.97 Å². The molecule has 0 fully saturated rings. The summed E-state index contributed by atoms with van der Waals surface area (Å²) in [7, 11) is -0.794. The monoisotopic (exact) mass is 421 g/mol. The van der Waals surface area contributed by atoms with Gasteiger partial charge in [-0.3, -0.25) is 4.79 Å². The van der Waals surface area contributed by atoms with Gasteiger partial charge in [0.2, 0.25) is 10.0 Å². The fourth-order valence-corrected chi connectivity index (χ4v) is 3.63. The van der Waals surface area contributed by atoms with E-state index in [1.807, 2.05) is 0 Å². The molecule has 0 saturated heterocycles. The van der Waals surface area contributed by atoms with E-state index in [1.54, 1.807) is 19.9 Å². The molecule has 0 saturated carbocycles. The number of ketones is 1. The molecule has 156 valence electrons. The molecule has 1 N–H and O–H groups in total. The fraction of sp³-hybridized carbons (Fsp3) is 0.300. The van der Waals surface area contributed by atoms with E-state index in [4.69, 9.17) is 14.2 Å². The van der Waals surface area contributed by atoms with Gasteiger partial charge < -0.3 is 14.2 Å². The Morgan fingerprint density at radius 3 is 2.31 bits per heavy atom. The summed E-state index contributed by atoms with van der Waals surface area (Å²) in [5.74, 6) is -0.379. The second kappa shape index (κ2) is 9.53. The molecule has 29 heavy (non-hydrogen) atoms. The minimum absolute atomic E-state index is 0.0527. The molecule has 0 aliphatic carbocycles. The molecule has 0 unspecified atom stereocenters. The van der Waals surface area contributed by atoms with Crippen molar-refractivity contribution in [2.75, 3.05) is 27.4 Å². The van der Waals surface area contributed by atoms with E-state index in [9.17, 15) is 18.0 Å². The number of benzene rings is 2. The third kappa shape index (κ3) is 5.33. The summed E-state index contributed by atoms with van der Waals surface area (Å²) in [4.78, 5) is 24.7. The molecular weight excluding hydrogens is 398 g/mol. The largest absolute Gasteiger partial charge is 0.493 e. The van der Waals surface area contributed by atoms with Crippen LogP contribution in [0.15, 0.2) is 41.3 Å². The number of hydrogen-bond donors (Lipinski definition) is 1. The lowest BCUT2D eigenvalue weighted by Crippen LogP contribution is -2.23. The Morgan fingerprint density at radius 2 is 1.69 bits per heavy atom. The van der Waals surface area contributed by atoms with Crippen molar-refractivity contribution < 1.29 is 32.2 Å². The smallest absolute Gasteiger partial charge is 0.338 e. The average molecular weight is 421 g/mol. The fourth-order valence-electron chi connectivity index (χ4n) is 2.56. The zero-order valence-corrected chi connectivity index (χ0v) is 17.5. The van der Waals surface area contributed by atoms with Crippen molar-refractivity contribution in [3.63, 3.8) is 0 Å². The average Bonchev–Trinajstić information content (AvgIpc) is 2.71. The summed E-state index contributed by atoms with van der Waals surface area (Å²) in [6.45, 7) is 3.02.